The summed E-state index contributed by atoms with van der Waals surface area (Å²) in [6, 6.07) is 6.62. The standard InChI is InChI=1S/C17H26N2O/c1-12(2)16-7-6-14(10-13(16)3)17(20)19-9-8-15(11-19)18(4)5/h6-7,10,12,15H,8-9,11H2,1-5H3. The molecule has 1 amide bonds. The van der Waals surface area contributed by atoms with Crippen molar-refractivity contribution in [3.05, 3.63) is 34.9 Å². The van der Waals surface area contributed by atoms with E-state index in [9.17, 15) is 4.79 Å². The molecule has 0 saturated carbocycles. The van der Waals surface area contributed by atoms with Crippen molar-refractivity contribution in [1.82, 2.24) is 9.80 Å². The van der Waals surface area contributed by atoms with Crippen molar-refractivity contribution in [3.8, 4) is 0 Å². The molecule has 20 heavy (non-hydrogen) atoms. The van der Waals surface area contributed by atoms with Crippen LogP contribution in [0.5, 0.6) is 0 Å². The van der Waals surface area contributed by atoms with Crippen LogP contribution in [0.4, 0.5) is 0 Å². The van der Waals surface area contributed by atoms with Gasteiger partial charge in [0.05, 0.1) is 0 Å². The van der Waals surface area contributed by atoms with Gasteiger partial charge in [0, 0.05) is 24.7 Å². The summed E-state index contributed by atoms with van der Waals surface area (Å²) in [4.78, 5) is 16.7. The molecule has 1 heterocycles. The van der Waals surface area contributed by atoms with E-state index < -0.39 is 0 Å². The summed E-state index contributed by atoms with van der Waals surface area (Å²) in [5, 5.41) is 0. The highest BCUT2D eigenvalue weighted by molar-refractivity contribution is 5.94. The topological polar surface area (TPSA) is 23.6 Å². The molecular weight excluding hydrogens is 248 g/mol. The Labute approximate surface area is 122 Å². The molecule has 0 aliphatic carbocycles. The van der Waals surface area contributed by atoms with Crippen molar-refractivity contribution in [2.24, 2.45) is 0 Å². The first-order chi connectivity index (χ1) is 9.40. The van der Waals surface area contributed by atoms with Crippen LogP contribution in [0, 0.1) is 6.92 Å². The van der Waals surface area contributed by atoms with Gasteiger partial charge in [0.25, 0.3) is 5.91 Å². The molecule has 3 nitrogen and oxygen atoms in total. The van der Waals surface area contributed by atoms with Gasteiger partial charge in [-0.2, -0.15) is 0 Å². The average Bonchev–Trinajstić information content (AvgIpc) is 2.87. The van der Waals surface area contributed by atoms with Crippen LogP contribution in [0.1, 0.15) is 47.7 Å². The van der Waals surface area contributed by atoms with Gasteiger partial charge in [-0.25, -0.2) is 0 Å². The van der Waals surface area contributed by atoms with Crippen LogP contribution >= 0.6 is 0 Å². The fourth-order valence-corrected chi connectivity index (χ4v) is 2.99. The smallest absolute Gasteiger partial charge is 0.253 e. The van der Waals surface area contributed by atoms with Gasteiger partial charge in [-0.15, -0.1) is 0 Å². The highest BCUT2D eigenvalue weighted by Crippen LogP contribution is 2.22. The van der Waals surface area contributed by atoms with E-state index in [2.05, 4.69) is 45.8 Å². The van der Waals surface area contributed by atoms with E-state index in [-0.39, 0.29) is 5.91 Å². The maximum Gasteiger partial charge on any atom is 0.253 e. The second-order valence-electron chi connectivity index (χ2n) is 6.38. The normalized spacial score (nSPS) is 19.1. The van der Waals surface area contributed by atoms with Crippen molar-refractivity contribution in [2.75, 3.05) is 27.2 Å². The zero-order valence-corrected chi connectivity index (χ0v) is 13.3. The Morgan fingerprint density at radius 1 is 1.35 bits per heavy atom. The number of carbonyl (C=O) groups is 1. The number of carbonyl (C=O) groups excluding carboxylic acids is 1. The second kappa shape index (κ2) is 5.96. The Kier molecular flexibility index (Phi) is 4.48. The number of aryl methyl sites for hydroxylation is 1. The average molecular weight is 274 g/mol. The number of hydrogen-bond donors (Lipinski definition) is 0. The van der Waals surface area contributed by atoms with Gasteiger partial charge in [-0.05, 0) is 56.6 Å². The number of amides is 1. The van der Waals surface area contributed by atoms with Crippen LogP contribution in [0.25, 0.3) is 0 Å². The predicted molar refractivity (Wildman–Crippen MR) is 83.3 cm³/mol. The Morgan fingerprint density at radius 3 is 2.55 bits per heavy atom. The summed E-state index contributed by atoms with van der Waals surface area (Å²) in [5.74, 6) is 0.678. The van der Waals surface area contributed by atoms with E-state index in [4.69, 9.17) is 0 Å². The first-order valence-corrected chi connectivity index (χ1v) is 7.46. The highest BCUT2D eigenvalue weighted by atomic mass is 16.2. The molecule has 1 aliphatic rings. The maximum absolute atomic E-state index is 12.6. The largest absolute Gasteiger partial charge is 0.337 e. The quantitative estimate of drug-likeness (QED) is 0.846. The summed E-state index contributed by atoms with van der Waals surface area (Å²) in [6.45, 7) is 8.18. The van der Waals surface area contributed by atoms with Crippen LogP contribution in [-0.4, -0.2) is 48.9 Å². The van der Waals surface area contributed by atoms with Crippen molar-refractivity contribution < 1.29 is 4.79 Å². The first kappa shape index (κ1) is 15.0. The molecule has 0 spiro atoms. The summed E-state index contributed by atoms with van der Waals surface area (Å²) >= 11 is 0. The number of likely N-dealkylation sites (tertiary alicyclic amines) is 1. The van der Waals surface area contributed by atoms with Crippen molar-refractivity contribution in [2.45, 2.75) is 39.2 Å². The highest BCUT2D eigenvalue weighted by Gasteiger charge is 2.28. The van der Waals surface area contributed by atoms with Crippen molar-refractivity contribution in [3.63, 3.8) is 0 Å². The van der Waals surface area contributed by atoms with Gasteiger partial charge in [-0.3, -0.25) is 4.79 Å². The maximum atomic E-state index is 12.6. The number of likely N-dealkylation sites (N-methyl/N-ethyl adjacent to an activating group) is 1. The summed E-state index contributed by atoms with van der Waals surface area (Å²) in [6.07, 6.45) is 1.07. The number of hydrogen-bond acceptors (Lipinski definition) is 2. The number of rotatable bonds is 3. The molecular formula is C17H26N2O. The fourth-order valence-electron chi connectivity index (χ4n) is 2.99. The molecule has 0 aromatic heterocycles. The van der Waals surface area contributed by atoms with E-state index in [1.54, 1.807) is 0 Å². The minimum Gasteiger partial charge on any atom is -0.337 e. The van der Waals surface area contributed by atoms with Crippen molar-refractivity contribution in [1.29, 1.82) is 0 Å². The zero-order valence-electron chi connectivity index (χ0n) is 13.3. The van der Waals surface area contributed by atoms with Crippen LogP contribution in [0.3, 0.4) is 0 Å². The molecule has 0 bridgehead atoms. The Hall–Kier alpha value is -1.35. The third-order valence-electron chi connectivity index (χ3n) is 4.32. The lowest BCUT2D eigenvalue weighted by atomic mass is 9.96. The van der Waals surface area contributed by atoms with Gasteiger partial charge in [-0.1, -0.05) is 19.9 Å². The Balaban J connectivity index is 2.12. The van der Waals surface area contributed by atoms with E-state index in [0.717, 1.165) is 25.1 Å². The molecule has 1 aromatic rings. The first-order valence-electron chi connectivity index (χ1n) is 7.46. The second-order valence-corrected chi connectivity index (χ2v) is 6.38. The van der Waals surface area contributed by atoms with Gasteiger partial charge >= 0.3 is 0 Å². The fraction of sp³-hybridized carbons (Fsp3) is 0.588. The summed E-state index contributed by atoms with van der Waals surface area (Å²) in [5.41, 5.74) is 3.37. The molecule has 1 unspecified atom stereocenters. The van der Waals surface area contributed by atoms with E-state index in [0.29, 0.717) is 12.0 Å². The van der Waals surface area contributed by atoms with E-state index in [1.807, 2.05) is 17.0 Å². The molecule has 110 valence electrons. The van der Waals surface area contributed by atoms with Crippen molar-refractivity contribution >= 4 is 5.91 Å². The number of benzene rings is 1. The lowest BCUT2D eigenvalue weighted by Crippen LogP contribution is -2.34. The number of nitrogens with zero attached hydrogens (tertiary/aromatic N) is 2. The molecule has 0 radical (unpaired) electrons. The summed E-state index contributed by atoms with van der Waals surface area (Å²) < 4.78 is 0. The predicted octanol–water partition coefficient (Wildman–Crippen LogP) is 2.89. The minimum atomic E-state index is 0.174. The zero-order chi connectivity index (χ0) is 14.9. The molecule has 1 fully saturated rings. The van der Waals surface area contributed by atoms with Crippen LogP contribution < -0.4 is 0 Å². The lowest BCUT2D eigenvalue weighted by molar-refractivity contribution is 0.0783. The summed E-state index contributed by atoms with van der Waals surface area (Å²) in [7, 11) is 4.17. The SMILES string of the molecule is Cc1cc(C(=O)N2CCC(N(C)C)C2)ccc1C(C)C. The molecule has 1 aliphatic heterocycles. The van der Waals surface area contributed by atoms with Gasteiger partial charge in [0.15, 0.2) is 0 Å². The monoisotopic (exact) mass is 274 g/mol. The van der Waals surface area contributed by atoms with Crippen LogP contribution in [-0.2, 0) is 0 Å². The molecule has 1 aromatic carbocycles. The van der Waals surface area contributed by atoms with Crippen LogP contribution in [0.2, 0.25) is 0 Å². The molecule has 3 heteroatoms. The molecule has 2 rings (SSSR count). The third kappa shape index (κ3) is 3.04. The van der Waals surface area contributed by atoms with E-state index in [1.165, 1.54) is 11.1 Å². The molecule has 1 atom stereocenters. The van der Waals surface area contributed by atoms with E-state index >= 15 is 0 Å². The van der Waals surface area contributed by atoms with Crippen LogP contribution in [0.15, 0.2) is 18.2 Å². The van der Waals surface area contributed by atoms with Gasteiger partial charge in [0.1, 0.15) is 0 Å². The molecule has 1 saturated heterocycles. The minimum absolute atomic E-state index is 0.174. The Bertz CT molecular complexity index is 494. The Morgan fingerprint density at radius 2 is 2.05 bits per heavy atom. The van der Waals surface area contributed by atoms with Gasteiger partial charge in [0.2, 0.25) is 0 Å². The lowest BCUT2D eigenvalue weighted by Gasteiger charge is -2.21. The third-order valence-corrected chi connectivity index (χ3v) is 4.32. The van der Waals surface area contributed by atoms with Gasteiger partial charge < -0.3 is 9.80 Å². The molecule has 0 N–H and O–H groups in total.